The number of carbonyl (C=O) groups is 1. The molecule has 0 spiro atoms. The van der Waals surface area contributed by atoms with Crippen molar-refractivity contribution in [1.82, 2.24) is 0 Å². The maximum atomic E-state index is 11.4. The predicted molar refractivity (Wildman–Crippen MR) is 123 cm³/mol. The molecule has 0 atom stereocenters. The Bertz CT molecular complexity index is 1100. The summed E-state index contributed by atoms with van der Waals surface area (Å²) in [5.74, 6) is 0.0954. The number of Topliss-reactive ketones (excluding diaryl/α,β-unsaturated/α-hetero) is 1. The standard InChI is InChI=1S/C28H26O/c1-20(29)23-14-11-21(12-15-23)9-10-22-13-16-27-26(19-22)25(17-18-28(27,2)3)24-7-5-4-6-8-24/h4-17,19H,18H2,1-3H3/b10-9+. The van der Waals surface area contributed by atoms with E-state index < -0.39 is 0 Å². The van der Waals surface area contributed by atoms with Crippen molar-refractivity contribution in [3.05, 3.63) is 112 Å². The summed E-state index contributed by atoms with van der Waals surface area (Å²) >= 11 is 0. The molecule has 4 rings (SSSR count). The molecule has 1 nitrogen and oxygen atoms in total. The van der Waals surface area contributed by atoms with E-state index in [0.29, 0.717) is 0 Å². The number of carbonyl (C=O) groups excluding carboxylic acids is 1. The van der Waals surface area contributed by atoms with Crippen molar-refractivity contribution in [3.63, 3.8) is 0 Å². The maximum Gasteiger partial charge on any atom is 0.159 e. The Hall–Kier alpha value is -3.19. The molecule has 0 saturated heterocycles. The van der Waals surface area contributed by atoms with Crippen molar-refractivity contribution in [2.45, 2.75) is 32.6 Å². The number of rotatable bonds is 4. The molecule has 0 bridgehead atoms. The van der Waals surface area contributed by atoms with E-state index in [1.54, 1.807) is 6.92 Å². The van der Waals surface area contributed by atoms with E-state index >= 15 is 0 Å². The topological polar surface area (TPSA) is 17.1 Å². The summed E-state index contributed by atoms with van der Waals surface area (Å²) in [6, 6.07) is 25.2. The minimum absolute atomic E-state index is 0.0954. The Labute approximate surface area is 173 Å². The molecule has 1 heteroatoms. The van der Waals surface area contributed by atoms with E-state index in [-0.39, 0.29) is 11.2 Å². The van der Waals surface area contributed by atoms with Gasteiger partial charge in [-0.3, -0.25) is 4.79 Å². The lowest BCUT2D eigenvalue weighted by molar-refractivity contribution is 0.101. The Morgan fingerprint density at radius 2 is 1.52 bits per heavy atom. The predicted octanol–water partition coefficient (Wildman–Crippen LogP) is 7.17. The quantitative estimate of drug-likeness (QED) is 0.347. The van der Waals surface area contributed by atoms with E-state index in [2.05, 4.69) is 80.6 Å². The highest BCUT2D eigenvalue weighted by Gasteiger charge is 2.28. The van der Waals surface area contributed by atoms with Crippen LogP contribution in [0.1, 0.15) is 65.4 Å². The fourth-order valence-corrected chi connectivity index (χ4v) is 3.97. The van der Waals surface area contributed by atoms with E-state index in [1.807, 2.05) is 24.3 Å². The zero-order chi connectivity index (χ0) is 20.4. The third kappa shape index (κ3) is 4.00. The Balaban J connectivity index is 1.69. The van der Waals surface area contributed by atoms with Gasteiger partial charge in [-0.1, -0.05) is 98.8 Å². The second-order valence-electron chi connectivity index (χ2n) is 8.39. The summed E-state index contributed by atoms with van der Waals surface area (Å²) < 4.78 is 0. The van der Waals surface area contributed by atoms with Crippen LogP contribution in [-0.2, 0) is 5.41 Å². The number of ketones is 1. The van der Waals surface area contributed by atoms with E-state index in [1.165, 1.54) is 27.8 Å². The van der Waals surface area contributed by atoms with Crippen LogP contribution in [0.4, 0.5) is 0 Å². The molecular weight excluding hydrogens is 352 g/mol. The van der Waals surface area contributed by atoms with Gasteiger partial charge >= 0.3 is 0 Å². The van der Waals surface area contributed by atoms with Crippen LogP contribution in [0.25, 0.3) is 17.7 Å². The third-order valence-electron chi connectivity index (χ3n) is 5.75. The highest BCUT2D eigenvalue weighted by Crippen LogP contribution is 2.41. The van der Waals surface area contributed by atoms with Crippen LogP contribution in [0.5, 0.6) is 0 Å². The van der Waals surface area contributed by atoms with Crippen LogP contribution in [0, 0.1) is 0 Å². The summed E-state index contributed by atoms with van der Waals surface area (Å²) in [5, 5.41) is 0. The first-order valence-electron chi connectivity index (χ1n) is 10.1. The van der Waals surface area contributed by atoms with Crippen molar-refractivity contribution >= 4 is 23.5 Å². The fourth-order valence-electron chi connectivity index (χ4n) is 3.97. The zero-order valence-electron chi connectivity index (χ0n) is 17.3. The van der Waals surface area contributed by atoms with Gasteiger partial charge in [-0.25, -0.2) is 0 Å². The molecule has 0 N–H and O–H groups in total. The van der Waals surface area contributed by atoms with Crippen LogP contribution in [-0.4, -0.2) is 5.78 Å². The molecule has 3 aromatic rings. The van der Waals surface area contributed by atoms with Gasteiger partial charge < -0.3 is 0 Å². The Morgan fingerprint density at radius 3 is 2.21 bits per heavy atom. The SMILES string of the molecule is CC(=O)c1ccc(/C=C/c2ccc3c(c2)C(c2ccccc2)=CCC3(C)C)cc1. The first-order valence-corrected chi connectivity index (χ1v) is 10.1. The molecule has 1 aliphatic rings. The second kappa shape index (κ2) is 7.67. The maximum absolute atomic E-state index is 11.4. The summed E-state index contributed by atoms with van der Waals surface area (Å²) in [5.41, 5.74) is 8.47. The molecule has 3 aromatic carbocycles. The Morgan fingerprint density at radius 1 is 0.862 bits per heavy atom. The number of benzene rings is 3. The molecular formula is C28H26O. The van der Waals surface area contributed by atoms with Crippen molar-refractivity contribution in [3.8, 4) is 0 Å². The molecule has 0 amide bonds. The van der Waals surface area contributed by atoms with Crippen molar-refractivity contribution in [2.24, 2.45) is 0 Å². The highest BCUT2D eigenvalue weighted by molar-refractivity contribution is 5.94. The lowest BCUT2D eigenvalue weighted by atomic mass is 9.72. The van der Waals surface area contributed by atoms with Crippen molar-refractivity contribution in [1.29, 1.82) is 0 Å². The van der Waals surface area contributed by atoms with Gasteiger partial charge in [-0.2, -0.15) is 0 Å². The molecule has 29 heavy (non-hydrogen) atoms. The number of allylic oxidation sites excluding steroid dienone is 1. The number of hydrogen-bond acceptors (Lipinski definition) is 1. The van der Waals surface area contributed by atoms with Gasteiger partial charge in [0.1, 0.15) is 0 Å². The number of hydrogen-bond donors (Lipinski definition) is 0. The minimum Gasteiger partial charge on any atom is -0.295 e. The molecule has 0 aromatic heterocycles. The van der Waals surface area contributed by atoms with Gasteiger partial charge in [-0.05, 0) is 58.2 Å². The summed E-state index contributed by atoms with van der Waals surface area (Å²) in [6.07, 6.45) is 7.67. The lowest BCUT2D eigenvalue weighted by Crippen LogP contribution is -2.21. The molecule has 0 unspecified atom stereocenters. The molecule has 0 aliphatic heterocycles. The first-order chi connectivity index (χ1) is 13.9. The third-order valence-corrected chi connectivity index (χ3v) is 5.75. The van der Waals surface area contributed by atoms with Crippen molar-refractivity contribution in [2.75, 3.05) is 0 Å². The summed E-state index contributed by atoms with van der Waals surface area (Å²) in [7, 11) is 0. The zero-order valence-corrected chi connectivity index (χ0v) is 17.3. The fraction of sp³-hybridized carbons (Fsp3) is 0.179. The van der Waals surface area contributed by atoms with E-state index in [4.69, 9.17) is 0 Å². The molecule has 0 saturated carbocycles. The average molecular weight is 379 g/mol. The summed E-state index contributed by atoms with van der Waals surface area (Å²) in [6.45, 7) is 6.23. The van der Waals surface area contributed by atoms with Gasteiger partial charge in [0.15, 0.2) is 5.78 Å². The van der Waals surface area contributed by atoms with Gasteiger partial charge in [-0.15, -0.1) is 0 Å². The van der Waals surface area contributed by atoms with Crippen LogP contribution in [0.3, 0.4) is 0 Å². The molecule has 0 heterocycles. The van der Waals surface area contributed by atoms with E-state index in [0.717, 1.165) is 17.5 Å². The molecule has 144 valence electrons. The van der Waals surface area contributed by atoms with Gasteiger partial charge in [0.05, 0.1) is 0 Å². The average Bonchev–Trinajstić information content (AvgIpc) is 2.73. The first kappa shape index (κ1) is 19.1. The molecule has 1 aliphatic carbocycles. The largest absolute Gasteiger partial charge is 0.295 e. The lowest BCUT2D eigenvalue weighted by Gasteiger charge is -2.32. The van der Waals surface area contributed by atoms with Gasteiger partial charge in [0.25, 0.3) is 0 Å². The van der Waals surface area contributed by atoms with Crippen LogP contribution in [0.15, 0.2) is 78.9 Å². The normalized spacial score (nSPS) is 15.1. The monoisotopic (exact) mass is 378 g/mol. The molecule has 0 radical (unpaired) electrons. The van der Waals surface area contributed by atoms with Gasteiger partial charge in [0.2, 0.25) is 0 Å². The van der Waals surface area contributed by atoms with Crippen LogP contribution >= 0.6 is 0 Å². The molecule has 0 fully saturated rings. The number of fused-ring (bicyclic) bond motifs is 1. The van der Waals surface area contributed by atoms with Crippen molar-refractivity contribution < 1.29 is 4.79 Å². The Kier molecular flexibility index (Phi) is 5.07. The second-order valence-corrected chi connectivity index (χ2v) is 8.39. The highest BCUT2D eigenvalue weighted by atomic mass is 16.1. The minimum atomic E-state index is 0.0954. The van der Waals surface area contributed by atoms with E-state index in [9.17, 15) is 4.79 Å². The summed E-state index contributed by atoms with van der Waals surface area (Å²) in [4.78, 5) is 11.4. The smallest absolute Gasteiger partial charge is 0.159 e. The van der Waals surface area contributed by atoms with Crippen LogP contribution < -0.4 is 0 Å². The van der Waals surface area contributed by atoms with Gasteiger partial charge in [0, 0.05) is 5.56 Å². The van der Waals surface area contributed by atoms with Crippen LogP contribution in [0.2, 0.25) is 0 Å².